The number of rotatable bonds is 6. The Kier molecular flexibility index (Phi) is 6.72. The van der Waals surface area contributed by atoms with Crippen LogP contribution in [-0.2, 0) is 9.53 Å². The summed E-state index contributed by atoms with van der Waals surface area (Å²) in [7, 11) is 0. The van der Waals surface area contributed by atoms with E-state index in [9.17, 15) is 9.59 Å². The topological polar surface area (TPSA) is 67.4 Å². The third-order valence-corrected chi connectivity index (χ3v) is 2.93. The predicted molar refractivity (Wildman–Crippen MR) is 81.8 cm³/mol. The summed E-state index contributed by atoms with van der Waals surface area (Å²) in [5.41, 5.74) is 1.01. The molecular weight excluding hydrogens is 268 g/mol. The van der Waals surface area contributed by atoms with E-state index in [0.29, 0.717) is 6.61 Å². The lowest BCUT2D eigenvalue weighted by atomic mass is 10.1. The Labute approximate surface area is 126 Å². The standard InChI is InChI=1S/C16H24N2O3/c1-11(2)10-21-16(20)18-13(4)15(19)17-12(3)14-8-6-5-7-9-14/h5-9,11-13H,10H2,1-4H3,(H,17,19)(H,18,20)/t12-,13-/m0/s1. The number of nitrogens with one attached hydrogen (secondary N) is 2. The van der Waals surface area contributed by atoms with Gasteiger partial charge in [0.15, 0.2) is 0 Å². The van der Waals surface area contributed by atoms with Crippen LogP contribution >= 0.6 is 0 Å². The molecule has 0 radical (unpaired) electrons. The monoisotopic (exact) mass is 292 g/mol. The zero-order valence-electron chi connectivity index (χ0n) is 13.1. The second-order valence-electron chi connectivity index (χ2n) is 5.50. The SMILES string of the molecule is CC(C)COC(=O)N[C@@H](C)C(=O)N[C@@H](C)c1ccccc1. The molecule has 116 valence electrons. The summed E-state index contributed by atoms with van der Waals surface area (Å²) in [5.74, 6) is 0.0193. The minimum atomic E-state index is -0.643. The fourth-order valence-electron chi connectivity index (χ4n) is 1.69. The number of carbonyl (C=O) groups is 2. The van der Waals surface area contributed by atoms with Crippen LogP contribution in [0.4, 0.5) is 4.79 Å². The maximum Gasteiger partial charge on any atom is 0.407 e. The van der Waals surface area contributed by atoms with E-state index >= 15 is 0 Å². The van der Waals surface area contributed by atoms with Gasteiger partial charge in [-0.05, 0) is 25.3 Å². The summed E-state index contributed by atoms with van der Waals surface area (Å²) in [6, 6.07) is 8.89. The Morgan fingerprint density at radius 1 is 1.05 bits per heavy atom. The smallest absolute Gasteiger partial charge is 0.407 e. The molecule has 0 aliphatic carbocycles. The highest BCUT2D eigenvalue weighted by Gasteiger charge is 2.18. The van der Waals surface area contributed by atoms with Crippen LogP contribution in [0.1, 0.15) is 39.3 Å². The number of carbonyl (C=O) groups excluding carboxylic acids is 2. The Balaban J connectivity index is 2.42. The molecule has 0 saturated heterocycles. The van der Waals surface area contributed by atoms with Crippen molar-refractivity contribution in [3.05, 3.63) is 35.9 Å². The van der Waals surface area contributed by atoms with E-state index < -0.39 is 12.1 Å². The summed E-state index contributed by atoms with van der Waals surface area (Å²) in [6.07, 6.45) is -0.571. The van der Waals surface area contributed by atoms with Gasteiger partial charge < -0.3 is 15.4 Å². The third-order valence-electron chi connectivity index (χ3n) is 2.93. The molecule has 5 nitrogen and oxygen atoms in total. The van der Waals surface area contributed by atoms with Crippen molar-refractivity contribution in [2.24, 2.45) is 5.92 Å². The zero-order chi connectivity index (χ0) is 15.8. The molecule has 2 atom stereocenters. The predicted octanol–water partition coefficient (Wildman–Crippen LogP) is 2.63. The molecule has 0 saturated carbocycles. The van der Waals surface area contributed by atoms with E-state index in [0.717, 1.165) is 5.56 Å². The van der Waals surface area contributed by atoms with Crippen molar-refractivity contribution in [1.82, 2.24) is 10.6 Å². The highest BCUT2D eigenvalue weighted by Crippen LogP contribution is 2.11. The van der Waals surface area contributed by atoms with Crippen LogP contribution in [0.3, 0.4) is 0 Å². The number of ether oxygens (including phenoxy) is 1. The molecule has 2 amide bonds. The van der Waals surface area contributed by atoms with Gasteiger partial charge in [0.2, 0.25) is 5.91 Å². The number of alkyl carbamates (subject to hydrolysis) is 1. The van der Waals surface area contributed by atoms with Gasteiger partial charge in [0.05, 0.1) is 12.6 Å². The molecule has 1 rings (SSSR count). The van der Waals surface area contributed by atoms with E-state index in [-0.39, 0.29) is 17.9 Å². The molecule has 0 bridgehead atoms. The van der Waals surface area contributed by atoms with Gasteiger partial charge in [-0.25, -0.2) is 4.79 Å². The van der Waals surface area contributed by atoms with Crippen molar-refractivity contribution in [3.63, 3.8) is 0 Å². The number of hydrogen-bond donors (Lipinski definition) is 2. The molecule has 0 unspecified atom stereocenters. The van der Waals surface area contributed by atoms with Gasteiger partial charge >= 0.3 is 6.09 Å². The summed E-state index contributed by atoms with van der Waals surface area (Å²) < 4.78 is 4.98. The number of amides is 2. The minimum absolute atomic E-state index is 0.116. The van der Waals surface area contributed by atoms with Crippen LogP contribution in [0.2, 0.25) is 0 Å². The van der Waals surface area contributed by atoms with Crippen LogP contribution in [0, 0.1) is 5.92 Å². The van der Waals surface area contributed by atoms with Crippen molar-refractivity contribution in [3.8, 4) is 0 Å². The quantitative estimate of drug-likeness (QED) is 0.847. The van der Waals surface area contributed by atoms with Gasteiger partial charge in [-0.15, -0.1) is 0 Å². The summed E-state index contributed by atoms with van der Waals surface area (Å²) in [5, 5.41) is 5.38. The molecule has 0 fully saturated rings. The average Bonchev–Trinajstić information content (AvgIpc) is 2.45. The maximum absolute atomic E-state index is 12.0. The lowest BCUT2D eigenvalue weighted by Crippen LogP contribution is -2.45. The van der Waals surface area contributed by atoms with Crippen molar-refractivity contribution in [2.45, 2.75) is 39.8 Å². The van der Waals surface area contributed by atoms with E-state index in [1.165, 1.54) is 0 Å². The first-order valence-electron chi connectivity index (χ1n) is 7.18. The summed E-state index contributed by atoms with van der Waals surface area (Å²) in [4.78, 5) is 23.5. The zero-order valence-corrected chi connectivity index (χ0v) is 13.1. The van der Waals surface area contributed by atoms with E-state index in [2.05, 4.69) is 10.6 Å². The Hall–Kier alpha value is -2.04. The van der Waals surface area contributed by atoms with Crippen LogP contribution in [-0.4, -0.2) is 24.6 Å². The minimum Gasteiger partial charge on any atom is -0.449 e. The van der Waals surface area contributed by atoms with Crippen molar-refractivity contribution < 1.29 is 14.3 Å². The Morgan fingerprint density at radius 2 is 1.67 bits per heavy atom. The molecular formula is C16H24N2O3. The first-order chi connectivity index (χ1) is 9.90. The van der Waals surface area contributed by atoms with Gasteiger partial charge in [-0.1, -0.05) is 44.2 Å². The second-order valence-corrected chi connectivity index (χ2v) is 5.50. The van der Waals surface area contributed by atoms with Crippen LogP contribution in [0.5, 0.6) is 0 Å². The lowest BCUT2D eigenvalue weighted by molar-refractivity contribution is -0.123. The van der Waals surface area contributed by atoms with Crippen LogP contribution in [0.15, 0.2) is 30.3 Å². The number of hydrogen-bond acceptors (Lipinski definition) is 3. The van der Waals surface area contributed by atoms with Gasteiger partial charge in [0, 0.05) is 0 Å². The van der Waals surface area contributed by atoms with E-state index in [4.69, 9.17) is 4.74 Å². The van der Waals surface area contributed by atoms with Crippen molar-refractivity contribution >= 4 is 12.0 Å². The second kappa shape index (κ2) is 8.29. The summed E-state index contributed by atoms with van der Waals surface area (Å²) in [6.45, 7) is 7.76. The van der Waals surface area contributed by atoms with Crippen LogP contribution in [0.25, 0.3) is 0 Å². The first-order valence-corrected chi connectivity index (χ1v) is 7.18. The third kappa shape index (κ3) is 6.29. The van der Waals surface area contributed by atoms with Crippen molar-refractivity contribution in [1.29, 1.82) is 0 Å². The Morgan fingerprint density at radius 3 is 2.24 bits per heavy atom. The molecule has 2 N–H and O–H groups in total. The fraction of sp³-hybridized carbons (Fsp3) is 0.500. The van der Waals surface area contributed by atoms with E-state index in [1.807, 2.05) is 51.1 Å². The molecule has 0 heterocycles. The van der Waals surface area contributed by atoms with Gasteiger partial charge in [-0.2, -0.15) is 0 Å². The van der Waals surface area contributed by atoms with E-state index in [1.54, 1.807) is 6.92 Å². The molecule has 0 aliphatic heterocycles. The molecule has 0 spiro atoms. The van der Waals surface area contributed by atoms with Crippen LogP contribution < -0.4 is 10.6 Å². The lowest BCUT2D eigenvalue weighted by Gasteiger charge is -2.19. The molecule has 5 heteroatoms. The molecule has 0 aromatic heterocycles. The molecule has 1 aromatic carbocycles. The highest BCUT2D eigenvalue weighted by atomic mass is 16.5. The largest absolute Gasteiger partial charge is 0.449 e. The maximum atomic E-state index is 12.0. The highest BCUT2D eigenvalue weighted by molar-refractivity contribution is 5.85. The first kappa shape index (κ1) is 17.0. The van der Waals surface area contributed by atoms with Gasteiger partial charge in [0.1, 0.15) is 6.04 Å². The van der Waals surface area contributed by atoms with Crippen molar-refractivity contribution in [2.75, 3.05) is 6.61 Å². The normalized spacial score (nSPS) is 13.4. The molecule has 0 aliphatic rings. The molecule has 1 aromatic rings. The molecule has 21 heavy (non-hydrogen) atoms. The van der Waals surface area contributed by atoms with Gasteiger partial charge in [-0.3, -0.25) is 4.79 Å². The Bertz CT molecular complexity index is 460. The number of benzene rings is 1. The fourth-order valence-corrected chi connectivity index (χ4v) is 1.69. The van der Waals surface area contributed by atoms with Gasteiger partial charge in [0.25, 0.3) is 0 Å². The summed E-state index contributed by atoms with van der Waals surface area (Å²) >= 11 is 0. The average molecular weight is 292 g/mol.